The van der Waals surface area contributed by atoms with Crippen molar-refractivity contribution in [1.82, 2.24) is 3.97 Å². The zero-order valence-electron chi connectivity index (χ0n) is 13.4. The highest BCUT2D eigenvalue weighted by Crippen LogP contribution is 2.37. The molecule has 1 aromatic heterocycles. The molecule has 0 bridgehead atoms. The summed E-state index contributed by atoms with van der Waals surface area (Å²) in [6.45, 7) is 7.49. The Labute approximate surface area is 146 Å². The molecule has 0 spiro atoms. The van der Waals surface area contributed by atoms with Crippen LogP contribution in [0.4, 0.5) is 0 Å². The van der Waals surface area contributed by atoms with Crippen LogP contribution in [-0.4, -0.2) is 19.0 Å². The second kappa shape index (κ2) is 6.15. The first kappa shape index (κ1) is 16.9. The van der Waals surface area contributed by atoms with Gasteiger partial charge >= 0.3 is 0 Å². The number of nitrogens with zero attached hydrogens (tertiary/aromatic N) is 1. The molecular formula is C18H17ClNO3S. The highest BCUT2D eigenvalue weighted by molar-refractivity contribution is 7.90. The van der Waals surface area contributed by atoms with Gasteiger partial charge in [-0.25, -0.2) is 12.4 Å². The van der Waals surface area contributed by atoms with E-state index in [0.717, 1.165) is 5.56 Å². The molecule has 4 nitrogen and oxygen atoms in total. The maximum absolute atomic E-state index is 13.1. The van der Waals surface area contributed by atoms with Crippen LogP contribution in [0, 0.1) is 20.8 Å². The third-order valence-electron chi connectivity index (χ3n) is 3.86. The van der Waals surface area contributed by atoms with Gasteiger partial charge in [0.2, 0.25) is 0 Å². The Morgan fingerprint density at radius 2 is 1.79 bits per heavy atom. The maximum Gasteiger partial charge on any atom is 0.268 e. The molecule has 3 aromatic rings. The highest BCUT2D eigenvalue weighted by Gasteiger charge is 2.25. The Bertz CT molecular complexity index is 1000. The molecule has 0 saturated carbocycles. The lowest BCUT2D eigenvalue weighted by molar-refractivity contribution is 0.362. The van der Waals surface area contributed by atoms with Gasteiger partial charge in [-0.1, -0.05) is 29.3 Å². The molecule has 0 amide bonds. The van der Waals surface area contributed by atoms with Crippen molar-refractivity contribution in [3.05, 3.63) is 65.7 Å². The quantitative estimate of drug-likeness (QED) is 0.692. The fourth-order valence-electron chi connectivity index (χ4n) is 2.74. The van der Waals surface area contributed by atoms with Crippen LogP contribution < -0.4 is 4.74 Å². The van der Waals surface area contributed by atoms with E-state index in [9.17, 15) is 8.42 Å². The van der Waals surface area contributed by atoms with Gasteiger partial charge in [-0.2, -0.15) is 0 Å². The molecule has 24 heavy (non-hydrogen) atoms. The van der Waals surface area contributed by atoms with Crippen molar-refractivity contribution in [2.75, 3.05) is 6.61 Å². The monoisotopic (exact) mass is 362 g/mol. The molecule has 0 N–H and O–H groups in total. The van der Waals surface area contributed by atoms with Crippen molar-refractivity contribution in [2.24, 2.45) is 0 Å². The number of ether oxygens (including phenoxy) is 1. The van der Waals surface area contributed by atoms with E-state index < -0.39 is 10.0 Å². The van der Waals surface area contributed by atoms with Crippen molar-refractivity contribution in [3.8, 4) is 5.75 Å². The Morgan fingerprint density at radius 1 is 1.12 bits per heavy atom. The van der Waals surface area contributed by atoms with Gasteiger partial charge in [0.05, 0.1) is 22.7 Å². The summed E-state index contributed by atoms with van der Waals surface area (Å²) < 4.78 is 33.2. The van der Waals surface area contributed by atoms with E-state index in [-0.39, 0.29) is 11.5 Å². The zero-order valence-corrected chi connectivity index (χ0v) is 15.0. The molecule has 1 heterocycles. The van der Waals surface area contributed by atoms with E-state index in [2.05, 4.69) is 6.92 Å². The van der Waals surface area contributed by atoms with Crippen LogP contribution in [0.25, 0.3) is 10.9 Å². The van der Waals surface area contributed by atoms with Crippen LogP contribution in [0.2, 0.25) is 5.02 Å². The minimum Gasteiger partial charge on any atom is -0.491 e. The Hall–Kier alpha value is -1.98. The van der Waals surface area contributed by atoms with E-state index in [4.69, 9.17) is 16.3 Å². The molecule has 0 aliphatic heterocycles. The normalized spacial score (nSPS) is 11.8. The Morgan fingerprint density at radius 3 is 2.42 bits per heavy atom. The van der Waals surface area contributed by atoms with E-state index in [1.54, 1.807) is 49.4 Å². The second-order valence-corrected chi connectivity index (χ2v) is 7.73. The van der Waals surface area contributed by atoms with E-state index in [0.29, 0.717) is 27.4 Å². The molecule has 2 aromatic carbocycles. The van der Waals surface area contributed by atoms with Crippen LogP contribution >= 0.6 is 11.6 Å². The summed E-state index contributed by atoms with van der Waals surface area (Å²) in [5.74, 6) is 0.484. The number of rotatable bonds is 4. The van der Waals surface area contributed by atoms with Gasteiger partial charge in [0.15, 0.2) is 0 Å². The third-order valence-corrected chi connectivity index (χ3v) is 5.92. The average Bonchev–Trinajstić information content (AvgIpc) is 2.81. The van der Waals surface area contributed by atoms with Gasteiger partial charge in [-0.15, -0.1) is 0 Å². The number of halogens is 1. The SMILES string of the molecule is [CH2]COc1c(C)n(S(=O)(=O)c2ccc(C)cc2)c2ccc(Cl)cc12. The molecule has 3 rings (SSSR count). The van der Waals surface area contributed by atoms with Gasteiger partial charge in [-0.05, 0) is 51.1 Å². The molecule has 0 fully saturated rings. The van der Waals surface area contributed by atoms with Gasteiger partial charge in [0.25, 0.3) is 10.0 Å². The first-order valence-corrected chi connectivity index (χ1v) is 9.23. The van der Waals surface area contributed by atoms with Crippen molar-refractivity contribution >= 4 is 32.5 Å². The van der Waals surface area contributed by atoms with Crippen LogP contribution in [0.15, 0.2) is 47.4 Å². The van der Waals surface area contributed by atoms with Gasteiger partial charge in [0.1, 0.15) is 5.75 Å². The Kier molecular flexibility index (Phi) is 4.32. The van der Waals surface area contributed by atoms with Crippen molar-refractivity contribution in [1.29, 1.82) is 0 Å². The zero-order chi connectivity index (χ0) is 17.5. The number of hydrogen-bond acceptors (Lipinski definition) is 3. The molecule has 6 heteroatoms. The fourth-order valence-corrected chi connectivity index (χ4v) is 4.47. The van der Waals surface area contributed by atoms with Crippen LogP contribution in [0.3, 0.4) is 0 Å². The highest BCUT2D eigenvalue weighted by atomic mass is 35.5. The summed E-state index contributed by atoms with van der Waals surface area (Å²) in [7, 11) is -3.75. The second-order valence-electron chi connectivity index (χ2n) is 5.51. The predicted molar refractivity (Wildman–Crippen MR) is 96.3 cm³/mol. The minimum atomic E-state index is -3.75. The maximum atomic E-state index is 13.1. The fraction of sp³-hybridized carbons (Fsp3) is 0.167. The smallest absolute Gasteiger partial charge is 0.268 e. The van der Waals surface area contributed by atoms with Crippen molar-refractivity contribution in [2.45, 2.75) is 18.7 Å². The molecule has 0 aliphatic carbocycles. The van der Waals surface area contributed by atoms with Crippen molar-refractivity contribution < 1.29 is 13.2 Å². The summed E-state index contributed by atoms with van der Waals surface area (Å²) in [6, 6.07) is 11.8. The number of fused-ring (bicyclic) bond motifs is 1. The molecular weight excluding hydrogens is 346 g/mol. The number of benzene rings is 2. The number of hydrogen-bond donors (Lipinski definition) is 0. The lowest BCUT2D eigenvalue weighted by Gasteiger charge is -2.10. The summed E-state index contributed by atoms with van der Waals surface area (Å²) in [5, 5.41) is 1.17. The predicted octanol–water partition coefficient (Wildman–Crippen LogP) is 4.36. The summed E-state index contributed by atoms with van der Waals surface area (Å²) >= 11 is 6.07. The largest absolute Gasteiger partial charge is 0.491 e. The molecule has 0 atom stereocenters. The molecule has 1 radical (unpaired) electrons. The van der Waals surface area contributed by atoms with E-state index in [1.165, 1.54) is 3.97 Å². The van der Waals surface area contributed by atoms with Gasteiger partial charge in [-0.3, -0.25) is 0 Å². The van der Waals surface area contributed by atoms with Gasteiger partial charge < -0.3 is 4.74 Å². The molecule has 0 saturated heterocycles. The van der Waals surface area contributed by atoms with Crippen LogP contribution in [-0.2, 0) is 10.0 Å². The molecule has 0 unspecified atom stereocenters. The summed E-state index contributed by atoms with van der Waals surface area (Å²) in [4.78, 5) is 0.226. The number of aryl methyl sites for hydroxylation is 1. The summed E-state index contributed by atoms with van der Waals surface area (Å²) in [5.41, 5.74) is 2.02. The minimum absolute atomic E-state index is 0.192. The Balaban J connectivity index is 2.33. The third kappa shape index (κ3) is 2.68. The topological polar surface area (TPSA) is 48.3 Å². The molecule has 0 aliphatic rings. The average molecular weight is 363 g/mol. The van der Waals surface area contributed by atoms with Gasteiger partial charge in [0, 0.05) is 10.4 Å². The lowest BCUT2D eigenvalue weighted by atomic mass is 10.2. The summed E-state index contributed by atoms with van der Waals surface area (Å²) in [6.07, 6.45) is 0. The standard InChI is InChI=1S/C18H17ClNO3S/c1-4-23-18-13(3)20(17-10-7-14(19)11-16(17)18)24(21,22)15-8-5-12(2)6-9-15/h5-11H,1,4H2,2-3H3. The number of aromatic nitrogens is 1. The first-order valence-electron chi connectivity index (χ1n) is 7.41. The van der Waals surface area contributed by atoms with E-state index >= 15 is 0 Å². The van der Waals surface area contributed by atoms with Crippen molar-refractivity contribution in [3.63, 3.8) is 0 Å². The lowest BCUT2D eigenvalue weighted by Crippen LogP contribution is -2.14. The van der Waals surface area contributed by atoms with E-state index in [1.807, 2.05) is 6.92 Å². The molecule has 125 valence electrons. The first-order chi connectivity index (χ1) is 11.4. The van der Waals surface area contributed by atoms with Crippen LogP contribution in [0.1, 0.15) is 11.3 Å². The van der Waals surface area contributed by atoms with Crippen LogP contribution in [0.5, 0.6) is 5.75 Å².